The number of hydrogen-bond donors (Lipinski definition) is 1. The third kappa shape index (κ3) is 6.31. The van der Waals surface area contributed by atoms with Gasteiger partial charge in [-0.15, -0.1) is 5.10 Å². The summed E-state index contributed by atoms with van der Waals surface area (Å²) in [4.78, 5) is 18.3. The lowest BCUT2D eigenvalue weighted by molar-refractivity contribution is 0.233. The van der Waals surface area contributed by atoms with Crippen molar-refractivity contribution in [3.8, 4) is 23.0 Å². The maximum atomic E-state index is 13.1. The second kappa shape index (κ2) is 11.7. The van der Waals surface area contributed by atoms with Crippen LogP contribution in [-0.4, -0.2) is 65.1 Å². The average Bonchev–Trinajstić information content (AvgIpc) is 3.40. The molecule has 4 aromatic rings. The second-order valence-electron chi connectivity index (χ2n) is 10.2. The highest BCUT2D eigenvalue weighted by atomic mass is 16.5. The molecule has 0 bridgehead atoms. The van der Waals surface area contributed by atoms with Crippen molar-refractivity contribution in [2.45, 2.75) is 45.8 Å². The number of fused-ring (bicyclic) bond motifs is 1. The monoisotopic (exact) mass is 536 g/mol. The van der Waals surface area contributed by atoms with Crippen LogP contribution in [0.3, 0.4) is 0 Å². The predicted molar refractivity (Wildman–Crippen MR) is 148 cm³/mol. The molecule has 1 N–H and O–H groups in total. The molecule has 0 radical (unpaired) electrons. The molecule has 0 saturated carbocycles. The van der Waals surface area contributed by atoms with Crippen LogP contribution in [0.5, 0.6) is 23.0 Å². The average molecular weight is 537 g/mol. The van der Waals surface area contributed by atoms with E-state index in [0.29, 0.717) is 60.1 Å². The number of rotatable bonds is 11. The van der Waals surface area contributed by atoms with Gasteiger partial charge in [-0.2, -0.15) is 0 Å². The van der Waals surface area contributed by atoms with Crippen molar-refractivity contribution in [3.63, 3.8) is 0 Å². The first-order valence-electron chi connectivity index (χ1n) is 12.7. The molecule has 2 aromatic carbocycles. The van der Waals surface area contributed by atoms with E-state index in [-0.39, 0.29) is 11.1 Å². The number of nitrogens with zero attached hydrogens (tertiary/aromatic N) is 5. The summed E-state index contributed by atoms with van der Waals surface area (Å²) >= 11 is 0. The summed E-state index contributed by atoms with van der Waals surface area (Å²) in [7, 11) is 6.39. The van der Waals surface area contributed by atoms with E-state index in [9.17, 15) is 4.79 Å². The molecule has 208 valence electrons. The lowest BCUT2D eigenvalue weighted by Crippen LogP contribution is -2.32. The minimum atomic E-state index is -0.288. The molecule has 4 rings (SSSR count). The number of benzene rings is 2. The second-order valence-corrected chi connectivity index (χ2v) is 10.2. The number of aromatic nitrogens is 5. The fraction of sp³-hybridized carbons (Fsp3) is 0.429. The number of hydrogen-bond acceptors (Lipinski definition) is 9. The normalized spacial score (nSPS) is 11.7. The Labute approximate surface area is 227 Å². The van der Waals surface area contributed by atoms with Crippen molar-refractivity contribution in [2.75, 3.05) is 35.0 Å². The van der Waals surface area contributed by atoms with Crippen molar-refractivity contribution >= 4 is 10.9 Å². The molecule has 39 heavy (non-hydrogen) atoms. The van der Waals surface area contributed by atoms with Crippen molar-refractivity contribution in [3.05, 3.63) is 63.7 Å². The van der Waals surface area contributed by atoms with E-state index in [1.54, 1.807) is 34.5 Å². The zero-order valence-electron chi connectivity index (χ0n) is 23.6. The molecule has 0 spiro atoms. The minimum absolute atomic E-state index is 0.166. The summed E-state index contributed by atoms with van der Waals surface area (Å²) in [6.45, 7) is 7.66. The first-order valence-corrected chi connectivity index (χ1v) is 12.7. The van der Waals surface area contributed by atoms with E-state index < -0.39 is 0 Å². The standard InChI is InChI=1S/C28H36N6O5/c1-28(2,3)34-26(30-31-32-34)17-33(11-10-18-8-9-22(36-4)23(12-18)37-5)16-20-13-19-14-24(38-6)25(39-7)15-21(19)29-27(20)35/h8-9,12-15H,10-11,16-17H2,1-7H3,(H,29,35). The van der Waals surface area contributed by atoms with Gasteiger partial charge in [0.15, 0.2) is 28.8 Å². The number of H-pyrrole nitrogens is 1. The van der Waals surface area contributed by atoms with Crippen LogP contribution < -0.4 is 24.5 Å². The Morgan fingerprint density at radius 2 is 1.54 bits per heavy atom. The Morgan fingerprint density at radius 3 is 2.21 bits per heavy atom. The molecule has 0 aliphatic heterocycles. The van der Waals surface area contributed by atoms with Gasteiger partial charge in [0.2, 0.25) is 0 Å². The van der Waals surface area contributed by atoms with Crippen LogP contribution in [0, 0.1) is 0 Å². The van der Waals surface area contributed by atoms with Crippen molar-refractivity contribution in [1.29, 1.82) is 0 Å². The number of nitrogens with one attached hydrogen (secondary N) is 1. The molecule has 2 heterocycles. The molecule has 0 fully saturated rings. The summed E-state index contributed by atoms with van der Waals surface area (Å²) in [6, 6.07) is 11.4. The van der Waals surface area contributed by atoms with Gasteiger partial charge in [-0.05, 0) is 67.4 Å². The summed E-state index contributed by atoms with van der Waals surface area (Å²) in [5.41, 5.74) is 1.93. The van der Waals surface area contributed by atoms with Crippen LogP contribution in [0.2, 0.25) is 0 Å². The summed E-state index contributed by atoms with van der Waals surface area (Å²) in [6.07, 6.45) is 0.716. The van der Waals surface area contributed by atoms with E-state index in [4.69, 9.17) is 18.9 Å². The Morgan fingerprint density at radius 1 is 0.872 bits per heavy atom. The first-order chi connectivity index (χ1) is 18.7. The quantitative estimate of drug-likeness (QED) is 0.307. The van der Waals surface area contributed by atoms with Gasteiger partial charge in [0.05, 0.1) is 46.0 Å². The molecule has 0 aliphatic rings. The minimum Gasteiger partial charge on any atom is -0.493 e. The number of aromatic amines is 1. The van der Waals surface area contributed by atoms with E-state index >= 15 is 0 Å². The molecular weight excluding hydrogens is 500 g/mol. The maximum Gasteiger partial charge on any atom is 0.252 e. The number of methoxy groups -OCH3 is 4. The Hall–Kier alpha value is -4.12. The van der Waals surface area contributed by atoms with E-state index in [2.05, 4.69) is 46.2 Å². The summed E-state index contributed by atoms with van der Waals surface area (Å²) in [5.74, 6) is 3.22. The number of pyridine rings is 1. The van der Waals surface area contributed by atoms with Crippen molar-refractivity contribution in [1.82, 2.24) is 30.1 Å². The zero-order chi connectivity index (χ0) is 28.2. The van der Waals surface area contributed by atoms with E-state index in [0.717, 1.165) is 16.8 Å². The van der Waals surface area contributed by atoms with Gasteiger partial charge in [0.25, 0.3) is 5.56 Å². The Balaban J connectivity index is 1.66. The van der Waals surface area contributed by atoms with Crippen LogP contribution in [0.4, 0.5) is 0 Å². The van der Waals surface area contributed by atoms with Gasteiger partial charge in [-0.25, -0.2) is 4.68 Å². The number of ether oxygens (including phenoxy) is 4. The third-order valence-electron chi connectivity index (χ3n) is 6.52. The predicted octanol–water partition coefficient (Wildman–Crippen LogP) is 3.55. The largest absolute Gasteiger partial charge is 0.493 e. The third-order valence-corrected chi connectivity index (χ3v) is 6.52. The van der Waals surface area contributed by atoms with Gasteiger partial charge in [0.1, 0.15) is 0 Å². The Bertz CT molecular complexity index is 1490. The van der Waals surface area contributed by atoms with Gasteiger partial charge in [0, 0.05) is 30.1 Å². The molecular formula is C28H36N6O5. The summed E-state index contributed by atoms with van der Waals surface area (Å²) < 4.78 is 23.5. The van der Waals surface area contributed by atoms with Crippen LogP contribution in [0.15, 0.2) is 41.2 Å². The number of tetrazole rings is 1. The van der Waals surface area contributed by atoms with E-state index in [1.165, 1.54) is 0 Å². The topological polar surface area (TPSA) is 117 Å². The van der Waals surface area contributed by atoms with Crippen LogP contribution in [-0.2, 0) is 25.0 Å². The van der Waals surface area contributed by atoms with Crippen LogP contribution in [0.25, 0.3) is 10.9 Å². The molecule has 0 aliphatic carbocycles. The van der Waals surface area contributed by atoms with Gasteiger partial charge in [-0.1, -0.05) is 6.07 Å². The lowest BCUT2D eigenvalue weighted by Gasteiger charge is -2.25. The smallest absolute Gasteiger partial charge is 0.252 e. The van der Waals surface area contributed by atoms with Gasteiger partial charge in [-0.3, -0.25) is 9.69 Å². The summed E-state index contributed by atoms with van der Waals surface area (Å²) in [5, 5.41) is 13.3. The van der Waals surface area contributed by atoms with Crippen molar-refractivity contribution in [2.24, 2.45) is 0 Å². The molecule has 2 aromatic heterocycles. The molecule has 11 nitrogen and oxygen atoms in total. The van der Waals surface area contributed by atoms with Crippen molar-refractivity contribution < 1.29 is 18.9 Å². The van der Waals surface area contributed by atoms with Gasteiger partial charge < -0.3 is 23.9 Å². The zero-order valence-corrected chi connectivity index (χ0v) is 23.6. The lowest BCUT2D eigenvalue weighted by atomic mass is 10.1. The molecule has 0 atom stereocenters. The molecule has 0 amide bonds. The van der Waals surface area contributed by atoms with Crippen LogP contribution >= 0.6 is 0 Å². The van der Waals surface area contributed by atoms with E-state index in [1.807, 2.05) is 35.0 Å². The first kappa shape index (κ1) is 27.9. The highest BCUT2D eigenvalue weighted by molar-refractivity contribution is 5.83. The van der Waals surface area contributed by atoms with Gasteiger partial charge >= 0.3 is 0 Å². The molecule has 0 unspecified atom stereocenters. The SMILES string of the molecule is COc1ccc(CCN(Cc2cc3cc(OC)c(OC)cc3[nH]c2=O)Cc2nnnn2C(C)(C)C)cc1OC. The van der Waals surface area contributed by atoms with Crippen LogP contribution in [0.1, 0.15) is 37.7 Å². The highest BCUT2D eigenvalue weighted by Gasteiger charge is 2.22. The molecule has 11 heteroatoms. The fourth-order valence-corrected chi connectivity index (χ4v) is 4.50. The maximum absolute atomic E-state index is 13.1. The molecule has 0 saturated heterocycles. The fourth-order valence-electron chi connectivity index (χ4n) is 4.50. The highest BCUT2D eigenvalue weighted by Crippen LogP contribution is 2.31. The Kier molecular flexibility index (Phi) is 8.39.